The predicted octanol–water partition coefficient (Wildman–Crippen LogP) is 4.09. The summed E-state index contributed by atoms with van der Waals surface area (Å²) in [6, 6.07) is 8.50. The van der Waals surface area contributed by atoms with Gasteiger partial charge in [0.25, 0.3) is 5.69 Å². The first kappa shape index (κ1) is 24.2. The van der Waals surface area contributed by atoms with Crippen LogP contribution < -0.4 is 10.1 Å². The maximum absolute atomic E-state index is 12.9. The van der Waals surface area contributed by atoms with Crippen molar-refractivity contribution in [2.24, 2.45) is 5.92 Å². The second kappa shape index (κ2) is 10.0. The topological polar surface area (TPSA) is 119 Å². The van der Waals surface area contributed by atoms with E-state index < -0.39 is 26.8 Å². The summed E-state index contributed by atoms with van der Waals surface area (Å²) in [5, 5.41) is 14.3. The Hall–Kier alpha value is -2.40. The lowest BCUT2D eigenvalue weighted by atomic mass is 9.98. The fourth-order valence-corrected chi connectivity index (χ4v) is 5.40. The van der Waals surface area contributed by atoms with Gasteiger partial charge in [-0.15, -0.1) is 0 Å². The predicted molar refractivity (Wildman–Crippen MR) is 122 cm³/mol. The number of ether oxygens (including phenoxy) is 1. The van der Waals surface area contributed by atoms with Crippen LogP contribution in [0.3, 0.4) is 0 Å². The third kappa shape index (κ3) is 5.69. The molecule has 12 heteroatoms. The zero-order chi connectivity index (χ0) is 23.5. The number of non-ortho nitro benzene ring substituents is 1. The van der Waals surface area contributed by atoms with Gasteiger partial charge in [-0.3, -0.25) is 14.9 Å². The first-order valence-electron chi connectivity index (χ1n) is 9.66. The molecule has 1 amide bonds. The van der Waals surface area contributed by atoms with Crippen LogP contribution in [0.1, 0.15) is 18.4 Å². The van der Waals surface area contributed by atoms with Gasteiger partial charge >= 0.3 is 0 Å². The number of nitro groups is 1. The fraction of sp³-hybridized carbons (Fsp3) is 0.350. The van der Waals surface area contributed by atoms with E-state index in [9.17, 15) is 23.3 Å². The van der Waals surface area contributed by atoms with E-state index in [1.165, 1.54) is 41.7 Å². The first-order valence-corrected chi connectivity index (χ1v) is 12.0. The molecule has 1 aliphatic heterocycles. The SMILES string of the molecule is COc1ccc([N+](=O)[O-])cc1NC(=O)[C@@H]1CCCN(S(=O)(=O)Cc2ccc(Cl)c(Cl)c2)C1. The van der Waals surface area contributed by atoms with Crippen LogP contribution in [0.2, 0.25) is 10.0 Å². The zero-order valence-corrected chi connectivity index (χ0v) is 19.4. The molecule has 1 atom stereocenters. The number of benzene rings is 2. The molecule has 0 aliphatic carbocycles. The molecule has 0 bridgehead atoms. The standard InChI is InChI=1S/C20H21Cl2N3O6S/c1-31-19-7-5-15(25(27)28)10-18(19)23-20(26)14-3-2-8-24(11-14)32(29,30)12-13-4-6-16(21)17(22)9-13/h4-7,9-10,14H,2-3,8,11-12H2,1H3,(H,23,26)/t14-/m1/s1. The van der Waals surface area contributed by atoms with E-state index in [0.29, 0.717) is 30.0 Å². The molecule has 1 N–H and O–H groups in total. The normalized spacial score (nSPS) is 17.0. The number of sulfonamides is 1. The van der Waals surface area contributed by atoms with Crippen molar-refractivity contribution in [3.8, 4) is 5.75 Å². The van der Waals surface area contributed by atoms with Crippen LogP contribution in [-0.4, -0.2) is 43.8 Å². The molecular weight excluding hydrogens is 481 g/mol. The van der Waals surface area contributed by atoms with Gasteiger partial charge in [0.1, 0.15) is 5.75 Å². The maximum atomic E-state index is 12.9. The molecule has 9 nitrogen and oxygen atoms in total. The monoisotopic (exact) mass is 501 g/mol. The first-order chi connectivity index (χ1) is 15.1. The quantitative estimate of drug-likeness (QED) is 0.450. The van der Waals surface area contributed by atoms with Gasteiger partial charge in [0.15, 0.2) is 0 Å². The Labute approximate surface area is 195 Å². The summed E-state index contributed by atoms with van der Waals surface area (Å²) in [5.41, 5.74) is 0.449. The minimum atomic E-state index is -3.70. The van der Waals surface area contributed by atoms with Crippen molar-refractivity contribution in [1.29, 1.82) is 0 Å². The Morgan fingerprint density at radius 1 is 1.25 bits per heavy atom. The molecule has 0 spiro atoms. The van der Waals surface area contributed by atoms with Gasteiger partial charge < -0.3 is 10.1 Å². The number of hydrogen-bond donors (Lipinski definition) is 1. The van der Waals surface area contributed by atoms with Crippen molar-refractivity contribution in [2.45, 2.75) is 18.6 Å². The number of piperidine rings is 1. The van der Waals surface area contributed by atoms with E-state index in [2.05, 4.69) is 5.32 Å². The van der Waals surface area contributed by atoms with Crippen LogP contribution in [0.25, 0.3) is 0 Å². The minimum Gasteiger partial charge on any atom is -0.495 e. The van der Waals surface area contributed by atoms with E-state index in [-0.39, 0.29) is 34.4 Å². The number of nitrogens with one attached hydrogen (secondary N) is 1. The molecule has 172 valence electrons. The zero-order valence-electron chi connectivity index (χ0n) is 17.1. The molecule has 1 saturated heterocycles. The number of carbonyl (C=O) groups is 1. The largest absolute Gasteiger partial charge is 0.495 e. The van der Waals surface area contributed by atoms with Gasteiger partial charge in [-0.25, -0.2) is 12.7 Å². The molecule has 1 aliphatic rings. The lowest BCUT2D eigenvalue weighted by molar-refractivity contribution is -0.384. The maximum Gasteiger partial charge on any atom is 0.271 e. The fourth-order valence-electron chi connectivity index (χ4n) is 3.48. The van der Waals surface area contributed by atoms with Crippen LogP contribution in [-0.2, 0) is 20.6 Å². The van der Waals surface area contributed by atoms with Gasteiger partial charge in [0.05, 0.1) is 39.4 Å². The summed E-state index contributed by atoms with van der Waals surface area (Å²) in [7, 11) is -2.31. The Kier molecular flexibility index (Phi) is 7.60. The average molecular weight is 502 g/mol. The lowest BCUT2D eigenvalue weighted by Crippen LogP contribution is -2.44. The molecule has 0 saturated carbocycles. The summed E-state index contributed by atoms with van der Waals surface area (Å²) < 4.78 is 32.3. The Bertz CT molecular complexity index is 1140. The highest BCUT2D eigenvalue weighted by atomic mass is 35.5. The number of amides is 1. The Balaban J connectivity index is 1.72. The van der Waals surface area contributed by atoms with E-state index in [1.54, 1.807) is 6.07 Å². The lowest BCUT2D eigenvalue weighted by Gasteiger charge is -2.31. The third-order valence-electron chi connectivity index (χ3n) is 5.13. The van der Waals surface area contributed by atoms with E-state index in [0.717, 1.165) is 0 Å². The summed E-state index contributed by atoms with van der Waals surface area (Å²) >= 11 is 11.9. The van der Waals surface area contributed by atoms with Crippen molar-refractivity contribution in [3.05, 3.63) is 62.1 Å². The number of hydrogen-bond acceptors (Lipinski definition) is 6. The summed E-state index contributed by atoms with van der Waals surface area (Å²) in [4.78, 5) is 23.3. The highest BCUT2D eigenvalue weighted by Crippen LogP contribution is 2.31. The number of anilines is 1. The number of halogens is 2. The van der Waals surface area contributed by atoms with Crippen molar-refractivity contribution in [3.63, 3.8) is 0 Å². The van der Waals surface area contributed by atoms with Crippen molar-refractivity contribution < 1.29 is 22.9 Å². The van der Waals surface area contributed by atoms with Crippen molar-refractivity contribution >= 4 is 50.5 Å². The van der Waals surface area contributed by atoms with E-state index in [1.807, 2.05) is 0 Å². The highest BCUT2D eigenvalue weighted by molar-refractivity contribution is 7.88. The van der Waals surface area contributed by atoms with Gasteiger partial charge in [-0.1, -0.05) is 29.3 Å². The van der Waals surface area contributed by atoms with Gasteiger partial charge in [0, 0.05) is 25.2 Å². The number of carbonyl (C=O) groups excluding carboxylic acids is 1. The third-order valence-corrected chi connectivity index (χ3v) is 7.69. The summed E-state index contributed by atoms with van der Waals surface area (Å²) in [5.74, 6) is -1.05. The summed E-state index contributed by atoms with van der Waals surface area (Å²) in [6.07, 6.45) is 0.993. The molecule has 0 unspecified atom stereocenters. The minimum absolute atomic E-state index is 0.00668. The van der Waals surface area contributed by atoms with E-state index in [4.69, 9.17) is 27.9 Å². The van der Waals surface area contributed by atoms with Gasteiger partial charge in [0.2, 0.25) is 15.9 Å². The molecule has 32 heavy (non-hydrogen) atoms. The molecule has 1 heterocycles. The Morgan fingerprint density at radius 2 is 2.00 bits per heavy atom. The van der Waals surface area contributed by atoms with Crippen LogP contribution in [0.5, 0.6) is 5.75 Å². The van der Waals surface area contributed by atoms with Crippen molar-refractivity contribution in [2.75, 3.05) is 25.5 Å². The van der Waals surface area contributed by atoms with Crippen LogP contribution >= 0.6 is 23.2 Å². The van der Waals surface area contributed by atoms with Crippen LogP contribution in [0, 0.1) is 16.0 Å². The summed E-state index contributed by atoms with van der Waals surface area (Å²) in [6.45, 7) is 0.306. The van der Waals surface area contributed by atoms with Gasteiger partial charge in [-0.2, -0.15) is 0 Å². The van der Waals surface area contributed by atoms with E-state index >= 15 is 0 Å². The number of nitrogens with zero attached hydrogens (tertiary/aromatic N) is 2. The van der Waals surface area contributed by atoms with Crippen molar-refractivity contribution in [1.82, 2.24) is 4.31 Å². The van der Waals surface area contributed by atoms with Crippen LogP contribution in [0.4, 0.5) is 11.4 Å². The molecule has 0 radical (unpaired) electrons. The molecule has 2 aromatic rings. The molecular formula is C20H21Cl2N3O6S. The van der Waals surface area contributed by atoms with Gasteiger partial charge in [-0.05, 0) is 36.6 Å². The Morgan fingerprint density at radius 3 is 2.66 bits per heavy atom. The van der Waals surface area contributed by atoms with Crippen LogP contribution in [0.15, 0.2) is 36.4 Å². The molecule has 2 aromatic carbocycles. The number of rotatable bonds is 7. The smallest absolute Gasteiger partial charge is 0.271 e. The molecule has 1 fully saturated rings. The molecule has 0 aromatic heterocycles. The second-order valence-electron chi connectivity index (χ2n) is 7.33. The highest BCUT2D eigenvalue weighted by Gasteiger charge is 2.33. The average Bonchev–Trinajstić information content (AvgIpc) is 2.76. The number of methoxy groups -OCH3 is 1. The molecule has 3 rings (SSSR count). The second-order valence-corrected chi connectivity index (χ2v) is 10.1. The number of nitro benzene ring substituents is 1.